The van der Waals surface area contributed by atoms with Crippen molar-refractivity contribution in [2.75, 3.05) is 20.3 Å². The van der Waals surface area contributed by atoms with E-state index in [9.17, 15) is 18.0 Å². The summed E-state index contributed by atoms with van der Waals surface area (Å²) in [6, 6.07) is 6.28. The van der Waals surface area contributed by atoms with Gasteiger partial charge in [-0.3, -0.25) is 4.79 Å². The van der Waals surface area contributed by atoms with Crippen LogP contribution >= 0.6 is 0 Å². The predicted octanol–water partition coefficient (Wildman–Crippen LogP) is 3.85. The number of benzene rings is 2. The van der Waals surface area contributed by atoms with E-state index in [-0.39, 0.29) is 11.5 Å². The van der Waals surface area contributed by atoms with Crippen LogP contribution in [-0.2, 0) is 25.6 Å². The molecule has 142 valence electrons. The molecule has 0 unspecified atom stereocenters. The normalized spacial score (nSPS) is 15.0. The molecule has 0 spiro atoms. The van der Waals surface area contributed by atoms with E-state index in [4.69, 9.17) is 9.47 Å². The van der Waals surface area contributed by atoms with Crippen LogP contribution in [0.2, 0.25) is 0 Å². The van der Waals surface area contributed by atoms with Gasteiger partial charge in [-0.05, 0) is 30.3 Å². The summed E-state index contributed by atoms with van der Waals surface area (Å²) in [4.78, 5) is 14.2. The van der Waals surface area contributed by atoms with Gasteiger partial charge in [-0.25, -0.2) is 0 Å². The molecule has 4 rings (SSSR count). The van der Waals surface area contributed by atoms with Crippen LogP contribution in [-0.4, -0.2) is 31.1 Å². The van der Waals surface area contributed by atoms with E-state index in [0.717, 1.165) is 53.2 Å². The highest BCUT2D eigenvalue weighted by Crippen LogP contribution is 2.41. The maximum Gasteiger partial charge on any atom is 0.416 e. The van der Waals surface area contributed by atoms with Crippen molar-refractivity contribution in [1.29, 1.82) is 0 Å². The van der Waals surface area contributed by atoms with Crippen molar-refractivity contribution in [3.63, 3.8) is 0 Å². The predicted molar refractivity (Wildman–Crippen MR) is 92.1 cm³/mol. The zero-order valence-electron chi connectivity index (χ0n) is 14.7. The maximum absolute atomic E-state index is 12.7. The highest BCUT2D eigenvalue weighted by atomic mass is 19.4. The number of halogens is 3. The van der Waals surface area contributed by atoms with E-state index in [1.165, 1.54) is 17.0 Å². The summed E-state index contributed by atoms with van der Waals surface area (Å²) < 4.78 is 49.5. The van der Waals surface area contributed by atoms with Crippen LogP contribution in [0.1, 0.15) is 32.6 Å². The number of ether oxygens (including phenoxy) is 2. The van der Waals surface area contributed by atoms with Crippen molar-refractivity contribution in [3.05, 3.63) is 58.1 Å². The third kappa shape index (κ3) is 3.22. The second-order valence-corrected chi connectivity index (χ2v) is 6.75. The largest absolute Gasteiger partial charge is 0.493 e. The second-order valence-electron chi connectivity index (χ2n) is 6.75. The smallest absolute Gasteiger partial charge is 0.416 e. The molecule has 2 aromatic rings. The van der Waals surface area contributed by atoms with Gasteiger partial charge in [0.05, 0.1) is 18.8 Å². The van der Waals surface area contributed by atoms with Gasteiger partial charge in [-0.2, -0.15) is 13.2 Å². The zero-order chi connectivity index (χ0) is 19.2. The SMILES string of the molecule is CN(Cc1c2c(cc3c1OCC3)OCC2)C(=O)c1ccc(C(F)(F)F)cc1. The molecule has 0 aliphatic carbocycles. The number of rotatable bonds is 3. The molecule has 0 bridgehead atoms. The third-order valence-corrected chi connectivity index (χ3v) is 4.96. The Labute approximate surface area is 154 Å². The molecule has 2 aromatic carbocycles. The Balaban J connectivity index is 1.58. The minimum absolute atomic E-state index is 0.215. The van der Waals surface area contributed by atoms with Crippen molar-refractivity contribution in [2.45, 2.75) is 25.6 Å². The van der Waals surface area contributed by atoms with Crippen LogP contribution in [0.25, 0.3) is 0 Å². The van der Waals surface area contributed by atoms with Crippen molar-refractivity contribution < 1.29 is 27.4 Å². The molecular weight excluding hydrogens is 359 g/mol. The van der Waals surface area contributed by atoms with Gasteiger partial charge in [0, 0.05) is 48.7 Å². The van der Waals surface area contributed by atoms with Crippen LogP contribution in [0.3, 0.4) is 0 Å². The monoisotopic (exact) mass is 377 g/mol. The van der Waals surface area contributed by atoms with E-state index in [1.807, 2.05) is 6.07 Å². The lowest BCUT2D eigenvalue weighted by molar-refractivity contribution is -0.137. The van der Waals surface area contributed by atoms with E-state index in [2.05, 4.69) is 0 Å². The molecule has 4 nitrogen and oxygen atoms in total. The highest BCUT2D eigenvalue weighted by Gasteiger charge is 2.31. The number of hydrogen-bond donors (Lipinski definition) is 0. The summed E-state index contributed by atoms with van der Waals surface area (Å²) >= 11 is 0. The van der Waals surface area contributed by atoms with Gasteiger partial charge in [0.1, 0.15) is 11.5 Å². The number of fused-ring (bicyclic) bond motifs is 2. The number of alkyl halides is 3. The molecule has 2 aliphatic heterocycles. The lowest BCUT2D eigenvalue weighted by Gasteiger charge is -2.21. The van der Waals surface area contributed by atoms with Crippen molar-refractivity contribution in [3.8, 4) is 11.5 Å². The molecule has 7 heteroatoms. The van der Waals surface area contributed by atoms with E-state index < -0.39 is 11.7 Å². The number of amides is 1. The Morgan fingerprint density at radius 3 is 2.52 bits per heavy atom. The quantitative estimate of drug-likeness (QED) is 0.816. The summed E-state index contributed by atoms with van der Waals surface area (Å²) in [6.07, 6.45) is -2.87. The first kappa shape index (κ1) is 17.7. The Kier molecular flexibility index (Phi) is 4.25. The molecule has 0 atom stereocenters. The van der Waals surface area contributed by atoms with Gasteiger partial charge in [0.25, 0.3) is 5.91 Å². The van der Waals surface area contributed by atoms with Crippen LogP contribution in [0.5, 0.6) is 11.5 Å². The average Bonchev–Trinajstić information content (AvgIpc) is 3.29. The minimum Gasteiger partial charge on any atom is -0.493 e. The van der Waals surface area contributed by atoms with E-state index in [1.54, 1.807) is 7.05 Å². The lowest BCUT2D eigenvalue weighted by Crippen LogP contribution is -2.27. The third-order valence-electron chi connectivity index (χ3n) is 4.96. The van der Waals surface area contributed by atoms with Crippen molar-refractivity contribution in [1.82, 2.24) is 4.90 Å². The molecular formula is C20H18F3NO3. The van der Waals surface area contributed by atoms with Crippen LogP contribution < -0.4 is 9.47 Å². The molecule has 2 heterocycles. The van der Waals surface area contributed by atoms with Gasteiger partial charge >= 0.3 is 6.18 Å². The topological polar surface area (TPSA) is 38.8 Å². The van der Waals surface area contributed by atoms with Gasteiger partial charge in [-0.15, -0.1) is 0 Å². The Morgan fingerprint density at radius 2 is 1.81 bits per heavy atom. The summed E-state index contributed by atoms with van der Waals surface area (Å²) in [5.74, 6) is 1.31. The molecule has 27 heavy (non-hydrogen) atoms. The average molecular weight is 377 g/mol. The minimum atomic E-state index is -4.42. The molecule has 1 amide bonds. The number of carbonyl (C=O) groups is 1. The molecule has 0 N–H and O–H groups in total. The molecule has 0 saturated carbocycles. The summed E-state index contributed by atoms with van der Waals surface area (Å²) in [7, 11) is 1.64. The van der Waals surface area contributed by atoms with Crippen molar-refractivity contribution >= 4 is 5.91 Å². The first-order chi connectivity index (χ1) is 12.8. The lowest BCUT2D eigenvalue weighted by atomic mass is 9.99. The van der Waals surface area contributed by atoms with Gasteiger partial charge in [-0.1, -0.05) is 0 Å². The van der Waals surface area contributed by atoms with Gasteiger partial charge in [0.15, 0.2) is 0 Å². The fourth-order valence-electron chi connectivity index (χ4n) is 3.58. The fourth-order valence-corrected chi connectivity index (χ4v) is 3.58. The Hall–Kier alpha value is -2.70. The summed E-state index contributed by atoms with van der Waals surface area (Å²) in [6.45, 7) is 1.51. The molecule has 0 fully saturated rings. The van der Waals surface area contributed by atoms with Gasteiger partial charge in [0.2, 0.25) is 0 Å². The first-order valence-corrected chi connectivity index (χ1v) is 8.70. The molecule has 0 radical (unpaired) electrons. The Bertz CT molecular complexity index is 859. The Morgan fingerprint density at radius 1 is 1.11 bits per heavy atom. The number of carbonyl (C=O) groups excluding carboxylic acids is 1. The molecule has 0 saturated heterocycles. The zero-order valence-corrected chi connectivity index (χ0v) is 14.7. The second kappa shape index (κ2) is 6.48. The molecule has 0 aromatic heterocycles. The van der Waals surface area contributed by atoms with Crippen LogP contribution in [0, 0.1) is 0 Å². The van der Waals surface area contributed by atoms with Crippen molar-refractivity contribution in [2.24, 2.45) is 0 Å². The number of hydrogen-bond acceptors (Lipinski definition) is 3. The standard InChI is InChI=1S/C20H18F3NO3/c1-24(19(25)12-2-4-14(5-3-12)20(21,22)23)11-16-15-7-9-26-17(15)10-13-6-8-27-18(13)16/h2-5,10H,6-9,11H2,1H3. The highest BCUT2D eigenvalue weighted by molar-refractivity contribution is 5.94. The number of nitrogens with zero attached hydrogens (tertiary/aromatic N) is 1. The van der Waals surface area contributed by atoms with E-state index >= 15 is 0 Å². The van der Waals surface area contributed by atoms with E-state index in [0.29, 0.717) is 19.8 Å². The van der Waals surface area contributed by atoms with Crippen LogP contribution in [0.4, 0.5) is 13.2 Å². The molecule has 2 aliphatic rings. The summed E-state index contributed by atoms with van der Waals surface area (Å²) in [5.41, 5.74) is 2.49. The first-order valence-electron chi connectivity index (χ1n) is 8.70. The fraction of sp³-hybridized carbons (Fsp3) is 0.350. The maximum atomic E-state index is 12.7. The summed E-state index contributed by atoms with van der Waals surface area (Å²) in [5, 5.41) is 0. The van der Waals surface area contributed by atoms with Crippen LogP contribution in [0.15, 0.2) is 30.3 Å². The van der Waals surface area contributed by atoms with Gasteiger partial charge < -0.3 is 14.4 Å².